The summed E-state index contributed by atoms with van der Waals surface area (Å²) in [6.07, 6.45) is 0.133. The third-order valence-corrected chi connectivity index (χ3v) is 2.92. The Morgan fingerprint density at radius 1 is 1.39 bits per heavy atom. The molecule has 1 atom stereocenters. The lowest BCUT2D eigenvalue weighted by Gasteiger charge is -2.22. The number of hydrogen-bond donors (Lipinski definition) is 4. The van der Waals surface area contributed by atoms with Gasteiger partial charge in [-0.15, -0.1) is 0 Å². The number of hydrogen-bond acceptors (Lipinski definition) is 4. The number of aliphatic hydroxyl groups excluding tert-OH is 1. The van der Waals surface area contributed by atoms with Crippen molar-refractivity contribution in [2.24, 2.45) is 5.73 Å². The van der Waals surface area contributed by atoms with E-state index in [2.05, 4.69) is 9.97 Å². The molecule has 0 amide bonds. The number of aliphatic hydroxyl groups is 1. The first-order chi connectivity index (χ1) is 8.60. The third-order valence-electron chi connectivity index (χ3n) is 2.92. The zero-order valence-electron chi connectivity index (χ0n) is 10.3. The highest BCUT2D eigenvalue weighted by molar-refractivity contribution is 5.78. The van der Waals surface area contributed by atoms with Gasteiger partial charge < -0.3 is 25.7 Å². The Balaban J connectivity index is 2.17. The number of nitrogens with two attached hydrogens (primary N) is 1. The van der Waals surface area contributed by atoms with Crippen LogP contribution in [0.5, 0.6) is 0 Å². The first-order valence-electron chi connectivity index (χ1n) is 5.91. The molecule has 0 saturated carbocycles. The summed E-state index contributed by atoms with van der Waals surface area (Å²) < 4.78 is 0. The zero-order valence-corrected chi connectivity index (χ0v) is 10.3. The largest absolute Gasteiger partial charge is 0.391 e. The van der Waals surface area contributed by atoms with E-state index in [1.54, 1.807) is 0 Å². The summed E-state index contributed by atoms with van der Waals surface area (Å²) in [5.74, 6) is 0. The smallest absolute Gasteiger partial charge is 0.323 e. The maximum Gasteiger partial charge on any atom is 0.323 e. The van der Waals surface area contributed by atoms with E-state index >= 15 is 0 Å². The SMILES string of the molecule is CN(CC(O)CCN)c1ccc2[nH]c(=O)[nH]c2c1. The number of nitrogens with zero attached hydrogens (tertiary/aromatic N) is 1. The molecule has 0 saturated heterocycles. The number of rotatable bonds is 5. The Morgan fingerprint density at radius 2 is 2.11 bits per heavy atom. The Labute approximate surface area is 104 Å². The average Bonchev–Trinajstić information content (AvgIpc) is 2.68. The lowest BCUT2D eigenvalue weighted by Crippen LogP contribution is -2.30. The summed E-state index contributed by atoms with van der Waals surface area (Å²) in [5.41, 5.74) is 7.66. The van der Waals surface area contributed by atoms with Crippen LogP contribution in [0.4, 0.5) is 5.69 Å². The molecular formula is C12H18N4O2. The number of nitrogens with one attached hydrogen (secondary N) is 2. The zero-order chi connectivity index (χ0) is 13.1. The number of aromatic amines is 2. The van der Waals surface area contributed by atoms with Gasteiger partial charge in [-0.2, -0.15) is 0 Å². The van der Waals surface area contributed by atoms with Crippen molar-refractivity contribution in [3.8, 4) is 0 Å². The molecule has 2 aromatic rings. The van der Waals surface area contributed by atoms with Gasteiger partial charge in [0.1, 0.15) is 0 Å². The molecule has 0 aliphatic heterocycles. The summed E-state index contributed by atoms with van der Waals surface area (Å²) in [6.45, 7) is 0.983. The van der Waals surface area contributed by atoms with E-state index in [-0.39, 0.29) is 5.69 Å². The molecule has 98 valence electrons. The fourth-order valence-electron chi connectivity index (χ4n) is 1.96. The molecule has 0 radical (unpaired) electrons. The number of H-pyrrole nitrogens is 2. The molecule has 1 heterocycles. The van der Waals surface area contributed by atoms with Gasteiger partial charge in [-0.3, -0.25) is 0 Å². The maximum atomic E-state index is 11.2. The van der Waals surface area contributed by atoms with Crippen LogP contribution in [0.2, 0.25) is 0 Å². The molecule has 1 aromatic heterocycles. The molecule has 18 heavy (non-hydrogen) atoms. The predicted molar refractivity (Wildman–Crippen MR) is 71.9 cm³/mol. The Morgan fingerprint density at radius 3 is 2.83 bits per heavy atom. The standard InChI is InChI=1S/C12H18N4O2/c1-16(7-9(17)4-5-13)8-2-3-10-11(6-8)15-12(18)14-10/h2-3,6,9,17H,4-5,7,13H2,1H3,(H2,14,15,18). The summed E-state index contributed by atoms with van der Waals surface area (Å²) >= 11 is 0. The Hall–Kier alpha value is -1.79. The molecule has 5 N–H and O–H groups in total. The van der Waals surface area contributed by atoms with Crippen molar-refractivity contribution in [1.82, 2.24) is 9.97 Å². The van der Waals surface area contributed by atoms with Gasteiger partial charge in [0.15, 0.2) is 0 Å². The second-order valence-electron chi connectivity index (χ2n) is 4.42. The highest BCUT2D eigenvalue weighted by Crippen LogP contribution is 2.18. The van der Waals surface area contributed by atoms with E-state index < -0.39 is 6.10 Å². The van der Waals surface area contributed by atoms with Crippen LogP contribution in [0.3, 0.4) is 0 Å². The van der Waals surface area contributed by atoms with E-state index in [1.165, 1.54) is 0 Å². The minimum Gasteiger partial charge on any atom is -0.391 e. The summed E-state index contributed by atoms with van der Waals surface area (Å²) in [7, 11) is 1.89. The van der Waals surface area contributed by atoms with Crippen LogP contribution in [-0.4, -0.2) is 41.3 Å². The maximum absolute atomic E-state index is 11.2. The number of anilines is 1. The fourth-order valence-corrected chi connectivity index (χ4v) is 1.96. The second kappa shape index (κ2) is 5.24. The van der Waals surface area contributed by atoms with Crippen molar-refractivity contribution in [2.75, 3.05) is 25.0 Å². The van der Waals surface area contributed by atoms with E-state index in [4.69, 9.17) is 5.73 Å². The van der Waals surface area contributed by atoms with Gasteiger partial charge in [0.2, 0.25) is 0 Å². The topological polar surface area (TPSA) is 98.1 Å². The van der Waals surface area contributed by atoms with Gasteiger partial charge in [-0.1, -0.05) is 0 Å². The van der Waals surface area contributed by atoms with E-state index in [0.29, 0.717) is 19.5 Å². The van der Waals surface area contributed by atoms with E-state index in [1.807, 2.05) is 30.1 Å². The van der Waals surface area contributed by atoms with Crippen LogP contribution < -0.4 is 16.3 Å². The summed E-state index contributed by atoms with van der Waals surface area (Å²) in [5, 5.41) is 9.71. The normalized spacial score (nSPS) is 12.8. The number of imidazole rings is 1. The van der Waals surface area contributed by atoms with Crippen LogP contribution >= 0.6 is 0 Å². The number of fused-ring (bicyclic) bond motifs is 1. The molecule has 6 heteroatoms. The fraction of sp³-hybridized carbons (Fsp3) is 0.417. The molecule has 0 bridgehead atoms. The molecule has 0 fully saturated rings. The molecule has 1 aromatic carbocycles. The first-order valence-corrected chi connectivity index (χ1v) is 5.91. The number of aromatic nitrogens is 2. The molecule has 2 rings (SSSR count). The van der Waals surface area contributed by atoms with Crippen LogP contribution in [0.15, 0.2) is 23.0 Å². The molecule has 6 nitrogen and oxygen atoms in total. The van der Waals surface area contributed by atoms with Crippen molar-refractivity contribution in [1.29, 1.82) is 0 Å². The minimum absolute atomic E-state index is 0.215. The minimum atomic E-state index is -0.444. The van der Waals surface area contributed by atoms with E-state index in [9.17, 15) is 9.90 Å². The third kappa shape index (κ3) is 2.72. The highest BCUT2D eigenvalue weighted by atomic mass is 16.3. The Kier molecular flexibility index (Phi) is 3.69. The van der Waals surface area contributed by atoms with Crippen LogP contribution in [0.25, 0.3) is 11.0 Å². The van der Waals surface area contributed by atoms with Crippen LogP contribution in [-0.2, 0) is 0 Å². The monoisotopic (exact) mass is 250 g/mol. The van der Waals surface area contributed by atoms with Gasteiger partial charge in [-0.25, -0.2) is 4.79 Å². The molecule has 1 unspecified atom stereocenters. The first kappa shape index (κ1) is 12.7. The van der Waals surface area contributed by atoms with Crippen LogP contribution in [0, 0.1) is 0 Å². The van der Waals surface area contributed by atoms with Crippen LogP contribution in [0.1, 0.15) is 6.42 Å². The highest BCUT2D eigenvalue weighted by Gasteiger charge is 2.09. The number of likely N-dealkylation sites (N-methyl/N-ethyl adjacent to an activating group) is 1. The van der Waals surface area contributed by atoms with Crippen molar-refractivity contribution in [3.05, 3.63) is 28.7 Å². The predicted octanol–water partition coefficient (Wildman–Crippen LogP) is 0.00210. The van der Waals surface area contributed by atoms with Crippen molar-refractivity contribution in [3.63, 3.8) is 0 Å². The average molecular weight is 250 g/mol. The van der Waals surface area contributed by atoms with Gasteiger partial charge in [-0.05, 0) is 31.2 Å². The lowest BCUT2D eigenvalue weighted by molar-refractivity contribution is 0.174. The molecule has 0 spiro atoms. The van der Waals surface area contributed by atoms with E-state index in [0.717, 1.165) is 16.7 Å². The van der Waals surface area contributed by atoms with Crippen molar-refractivity contribution in [2.45, 2.75) is 12.5 Å². The molecular weight excluding hydrogens is 232 g/mol. The van der Waals surface area contributed by atoms with Gasteiger partial charge in [0.05, 0.1) is 17.1 Å². The summed E-state index contributed by atoms with van der Waals surface area (Å²) in [4.78, 5) is 18.5. The van der Waals surface area contributed by atoms with Gasteiger partial charge in [0.25, 0.3) is 0 Å². The van der Waals surface area contributed by atoms with Crippen molar-refractivity contribution >= 4 is 16.7 Å². The number of benzene rings is 1. The van der Waals surface area contributed by atoms with Gasteiger partial charge >= 0.3 is 5.69 Å². The molecule has 0 aliphatic rings. The van der Waals surface area contributed by atoms with Gasteiger partial charge in [0, 0.05) is 19.3 Å². The molecule has 0 aliphatic carbocycles. The van der Waals surface area contributed by atoms with Crippen molar-refractivity contribution < 1.29 is 5.11 Å². The summed E-state index contributed by atoms with van der Waals surface area (Å²) in [6, 6.07) is 5.62. The Bertz CT molecular complexity index is 575. The second-order valence-corrected chi connectivity index (χ2v) is 4.42. The quantitative estimate of drug-likeness (QED) is 0.600. The lowest BCUT2D eigenvalue weighted by atomic mass is 10.2.